The van der Waals surface area contributed by atoms with Gasteiger partial charge in [-0.1, -0.05) is 0 Å². The molecule has 0 saturated heterocycles. The van der Waals surface area contributed by atoms with E-state index in [1.54, 1.807) is 6.26 Å². The third-order valence-corrected chi connectivity index (χ3v) is 2.50. The molecular weight excluding hydrogens is 212 g/mol. The molecule has 0 bridgehead atoms. The van der Waals surface area contributed by atoms with Gasteiger partial charge in [0.2, 0.25) is 0 Å². The molecule has 84 valence electrons. The fraction of sp³-hybridized carbons (Fsp3) is 0.556. The van der Waals surface area contributed by atoms with Crippen LogP contribution in [0.25, 0.3) is 0 Å². The lowest BCUT2D eigenvalue weighted by atomic mass is 10.5. The van der Waals surface area contributed by atoms with Crippen molar-refractivity contribution < 1.29 is 4.21 Å². The molecule has 1 rings (SSSR count). The van der Waals surface area contributed by atoms with Crippen molar-refractivity contribution >= 4 is 22.4 Å². The molecule has 1 unspecified atom stereocenters. The molecule has 15 heavy (non-hydrogen) atoms. The first-order valence-electron chi connectivity index (χ1n) is 4.82. The lowest BCUT2D eigenvalue weighted by Gasteiger charge is -2.06. The van der Waals surface area contributed by atoms with E-state index in [4.69, 9.17) is 0 Å². The van der Waals surface area contributed by atoms with E-state index in [0.29, 0.717) is 12.3 Å². The Bertz CT molecular complexity index is 332. The summed E-state index contributed by atoms with van der Waals surface area (Å²) in [7, 11) is -0.769. The Balaban J connectivity index is 2.46. The molecule has 0 spiro atoms. The largest absolute Gasteiger partial charge is 0.370 e. The van der Waals surface area contributed by atoms with E-state index in [1.165, 1.54) is 6.33 Å². The predicted octanol–water partition coefficient (Wildman–Crippen LogP) is 0.699. The fourth-order valence-electron chi connectivity index (χ4n) is 1.05. The predicted molar refractivity (Wildman–Crippen MR) is 63.6 cm³/mol. The molecule has 0 aromatic carbocycles. The maximum Gasteiger partial charge on any atom is 0.131 e. The van der Waals surface area contributed by atoms with Crippen molar-refractivity contribution in [2.75, 3.05) is 35.7 Å². The highest BCUT2D eigenvalue weighted by molar-refractivity contribution is 7.84. The van der Waals surface area contributed by atoms with Crippen LogP contribution in [-0.2, 0) is 10.8 Å². The fourth-order valence-corrected chi connectivity index (χ4v) is 1.44. The van der Waals surface area contributed by atoms with Gasteiger partial charge in [-0.2, -0.15) is 0 Å². The van der Waals surface area contributed by atoms with Crippen molar-refractivity contribution in [3.8, 4) is 0 Å². The highest BCUT2D eigenvalue weighted by atomic mass is 32.2. The van der Waals surface area contributed by atoms with E-state index in [-0.39, 0.29) is 0 Å². The van der Waals surface area contributed by atoms with Crippen molar-refractivity contribution in [2.45, 2.75) is 6.92 Å². The van der Waals surface area contributed by atoms with Crippen LogP contribution in [0.15, 0.2) is 12.4 Å². The van der Waals surface area contributed by atoms with Gasteiger partial charge in [0.1, 0.15) is 18.0 Å². The number of aromatic nitrogens is 2. The van der Waals surface area contributed by atoms with Crippen LogP contribution in [-0.4, -0.2) is 39.3 Å². The van der Waals surface area contributed by atoms with Gasteiger partial charge in [-0.25, -0.2) is 9.97 Å². The third-order valence-electron chi connectivity index (χ3n) is 1.72. The standard InChI is InChI=1S/C9H16N4OS/c1-3-10-8-6-9(13-7-12-8)11-4-5-15(2)14/h6-7H,3-5H2,1-2H3,(H2,10,11,12,13). The maximum absolute atomic E-state index is 10.8. The van der Waals surface area contributed by atoms with Gasteiger partial charge in [-0.15, -0.1) is 0 Å². The average molecular weight is 228 g/mol. The summed E-state index contributed by atoms with van der Waals surface area (Å²) >= 11 is 0. The highest BCUT2D eigenvalue weighted by Crippen LogP contribution is 2.07. The van der Waals surface area contributed by atoms with Crippen LogP contribution in [0.4, 0.5) is 11.6 Å². The zero-order valence-electron chi connectivity index (χ0n) is 8.99. The molecule has 0 aliphatic heterocycles. The molecule has 1 aromatic rings. The summed E-state index contributed by atoms with van der Waals surface area (Å²) in [5.74, 6) is 2.18. The van der Waals surface area contributed by atoms with Gasteiger partial charge >= 0.3 is 0 Å². The SMILES string of the molecule is CCNc1cc(NCCS(C)=O)ncn1. The normalized spacial score (nSPS) is 12.1. The number of nitrogens with one attached hydrogen (secondary N) is 2. The van der Waals surface area contributed by atoms with Crippen LogP contribution in [0.1, 0.15) is 6.92 Å². The lowest BCUT2D eigenvalue weighted by Crippen LogP contribution is -2.11. The molecular formula is C9H16N4OS. The van der Waals surface area contributed by atoms with E-state index >= 15 is 0 Å². The van der Waals surface area contributed by atoms with Crippen molar-refractivity contribution in [3.05, 3.63) is 12.4 Å². The molecule has 0 radical (unpaired) electrons. The van der Waals surface area contributed by atoms with Gasteiger partial charge in [-0.3, -0.25) is 4.21 Å². The van der Waals surface area contributed by atoms with Gasteiger partial charge in [0.15, 0.2) is 0 Å². The summed E-state index contributed by atoms with van der Waals surface area (Å²) in [5.41, 5.74) is 0. The second kappa shape index (κ2) is 6.34. The van der Waals surface area contributed by atoms with Gasteiger partial charge in [0.25, 0.3) is 0 Å². The smallest absolute Gasteiger partial charge is 0.131 e. The van der Waals surface area contributed by atoms with E-state index in [0.717, 1.165) is 18.2 Å². The molecule has 5 nitrogen and oxygen atoms in total. The maximum atomic E-state index is 10.8. The molecule has 0 saturated carbocycles. The minimum atomic E-state index is -0.769. The van der Waals surface area contributed by atoms with Gasteiger partial charge < -0.3 is 10.6 Å². The van der Waals surface area contributed by atoms with Crippen LogP contribution in [0, 0.1) is 0 Å². The molecule has 6 heteroatoms. The molecule has 0 amide bonds. The Morgan fingerprint density at radius 3 is 2.60 bits per heavy atom. The number of hydrogen-bond acceptors (Lipinski definition) is 5. The first-order chi connectivity index (χ1) is 7.22. The molecule has 0 fully saturated rings. The number of nitrogens with zero attached hydrogens (tertiary/aromatic N) is 2. The van der Waals surface area contributed by atoms with Crippen LogP contribution in [0.3, 0.4) is 0 Å². The van der Waals surface area contributed by atoms with Crippen LogP contribution in [0.5, 0.6) is 0 Å². The quantitative estimate of drug-likeness (QED) is 0.750. The second-order valence-electron chi connectivity index (χ2n) is 3.02. The Morgan fingerprint density at radius 1 is 1.33 bits per heavy atom. The lowest BCUT2D eigenvalue weighted by molar-refractivity contribution is 0.687. The Hall–Kier alpha value is -1.17. The minimum absolute atomic E-state index is 0.626. The van der Waals surface area contributed by atoms with Crippen molar-refractivity contribution in [1.29, 1.82) is 0 Å². The van der Waals surface area contributed by atoms with E-state index < -0.39 is 10.8 Å². The zero-order valence-corrected chi connectivity index (χ0v) is 9.80. The van der Waals surface area contributed by atoms with Crippen molar-refractivity contribution in [1.82, 2.24) is 9.97 Å². The van der Waals surface area contributed by atoms with Crippen LogP contribution >= 0.6 is 0 Å². The third kappa shape index (κ3) is 4.73. The molecule has 2 N–H and O–H groups in total. The van der Waals surface area contributed by atoms with Gasteiger partial charge in [-0.05, 0) is 6.92 Å². The summed E-state index contributed by atoms with van der Waals surface area (Å²) < 4.78 is 10.8. The summed E-state index contributed by atoms with van der Waals surface area (Å²) in [6.07, 6.45) is 3.19. The first kappa shape index (κ1) is 11.9. The van der Waals surface area contributed by atoms with Crippen molar-refractivity contribution in [2.24, 2.45) is 0 Å². The Kier molecular flexibility index (Phi) is 5.03. The summed E-state index contributed by atoms with van der Waals surface area (Å²) in [4.78, 5) is 8.11. The van der Waals surface area contributed by atoms with Gasteiger partial charge in [0.05, 0.1) is 0 Å². The molecule has 0 aliphatic rings. The number of hydrogen-bond donors (Lipinski definition) is 2. The van der Waals surface area contributed by atoms with Gasteiger partial charge in [0, 0.05) is 42.0 Å². The summed E-state index contributed by atoms with van der Waals surface area (Å²) in [6.45, 7) is 3.50. The molecule has 1 heterocycles. The Morgan fingerprint density at radius 2 is 2.00 bits per heavy atom. The number of rotatable bonds is 6. The zero-order chi connectivity index (χ0) is 11.1. The number of anilines is 2. The summed E-state index contributed by atoms with van der Waals surface area (Å²) in [6, 6.07) is 1.84. The van der Waals surface area contributed by atoms with Crippen LogP contribution in [0.2, 0.25) is 0 Å². The molecule has 1 aromatic heterocycles. The first-order valence-corrected chi connectivity index (χ1v) is 6.55. The highest BCUT2D eigenvalue weighted by Gasteiger charge is 1.97. The molecule has 1 atom stereocenters. The van der Waals surface area contributed by atoms with E-state index in [1.807, 2.05) is 13.0 Å². The molecule has 0 aliphatic carbocycles. The summed E-state index contributed by atoms with van der Waals surface area (Å²) in [5, 5.41) is 6.19. The second-order valence-corrected chi connectivity index (χ2v) is 4.58. The monoisotopic (exact) mass is 228 g/mol. The van der Waals surface area contributed by atoms with Crippen molar-refractivity contribution in [3.63, 3.8) is 0 Å². The topological polar surface area (TPSA) is 66.9 Å². The van der Waals surface area contributed by atoms with E-state index in [2.05, 4.69) is 20.6 Å². The van der Waals surface area contributed by atoms with E-state index in [9.17, 15) is 4.21 Å². The Labute approximate surface area is 92.2 Å². The average Bonchev–Trinajstić information content (AvgIpc) is 2.18. The minimum Gasteiger partial charge on any atom is -0.370 e. The van der Waals surface area contributed by atoms with Crippen LogP contribution < -0.4 is 10.6 Å².